The number of hydrogen-bond donors (Lipinski definition) is 1. The van der Waals surface area contributed by atoms with Gasteiger partial charge in [0, 0.05) is 11.4 Å². The third-order valence-corrected chi connectivity index (χ3v) is 3.83. The zero-order chi connectivity index (χ0) is 15.4. The van der Waals surface area contributed by atoms with Gasteiger partial charge in [-0.3, -0.25) is 0 Å². The summed E-state index contributed by atoms with van der Waals surface area (Å²) in [5, 5.41) is 10.0. The van der Waals surface area contributed by atoms with Gasteiger partial charge in [0.25, 0.3) is 0 Å². The molecule has 0 amide bonds. The van der Waals surface area contributed by atoms with E-state index < -0.39 is 12.1 Å². The molecule has 0 bridgehead atoms. The molecule has 110 valence electrons. The van der Waals surface area contributed by atoms with Crippen LogP contribution < -0.4 is 4.74 Å². The number of aliphatic carboxylic acids is 1. The predicted octanol–water partition coefficient (Wildman–Crippen LogP) is 4.03. The normalized spacial score (nSPS) is 12.0. The number of carboxylic acid groups (broad SMARTS) is 1. The summed E-state index contributed by atoms with van der Waals surface area (Å²) in [6, 6.07) is 12.9. The Morgan fingerprint density at radius 3 is 2.57 bits per heavy atom. The van der Waals surface area contributed by atoms with Gasteiger partial charge in [-0.1, -0.05) is 41.9 Å². The van der Waals surface area contributed by atoms with Crippen molar-refractivity contribution in [1.29, 1.82) is 0 Å². The maximum absolute atomic E-state index is 11.5. The lowest BCUT2D eigenvalue weighted by molar-refractivity contribution is -0.145. The van der Waals surface area contributed by atoms with Crippen LogP contribution in [0.2, 0.25) is 5.02 Å². The van der Waals surface area contributed by atoms with Crippen LogP contribution in [0.15, 0.2) is 42.5 Å². The Labute approximate surface area is 129 Å². The van der Waals surface area contributed by atoms with E-state index in [1.54, 1.807) is 12.1 Å². The van der Waals surface area contributed by atoms with E-state index in [-0.39, 0.29) is 6.42 Å². The Kier molecular flexibility index (Phi) is 4.86. The molecule has 0 saturated heterocycles. The molecular formula is C17H17ClO3. The molecule has 0 unspecified atom stereocenters. The summed E-state index contributed by atoms with van der Waals surface area (Å²) in [7, 11) is 0. The number of ether oxygens (including phenoxy) is 1. The number of para-hydroxylation sites is 1. The third-order valence-electron chi connectivity index (χ3n) is 3.42. The van der Waals surface area contributed by atoms with E-state index >= 15 is 0 Å². The fourth-order valence-electron chi connectivity index (χ4n) is 2.09. The first-order valence-corrected chi connectivity index (χ1v) is 7.06. The molecule has 21 heavy (non-hydrogen) atoms. The summed E-state index contributed by atoms with van der Waals surface area (Å²) < 4.78 is 5.66. The van der Waals surface area contributed by atoms with Gasteiger partial charge < -0.3 is 9.84 Å². The molecule has 3 nitrogen and oxygen atoms in total. The van der Waals surface area contributed by atoms with Gasteiger partial charge in [0.2, 0.25) is 0 Å². The van der Waals surface area contributed by atoms with E-state index in [0.29, 0.717) is 10.8 Å². The standard InChI is InChI=1S/C17H17ClO3/c1-11-6-3-4-9-15(11)21-16(17(19)20)10-13-7-5-8-14(18)12(13)2/h3-9,16H,10H2,1-2H3,(H,19,20)/t16-/m0/s1. The number of rotatable bonds is 5. The van der Waals surface area contributed by atoms with Crippen molar-refractivity contribution < 1.29 is 14.6 Å². The van der Waals surface area contributed by atoms with E-state index in [0.717, 1.165) is 16.7 Å². The number of benzene rings is 2. The van der Waals surface area contributed by atoms with Crippen LogP contribution in [0.1, 0.15) is 16.7 Å². The molecule has 0 radical (unpaired) electrons. The van der Waals surface area contributed by atoms with Crippen LogP contribution in [0.3, 0.4) is 0 Å². The van der Waals surface area contributed by atoms with Crippen molar-refractivity contribution in [2.45, 2.75) is 26.4 Å². The molecule has 0 aromatic heterocycles. The minimum atomic E-state index is -0.988. The van der Waals surface area contributed by atoms with Crippen LogP contribution in [0.4, 0.5) is 0 Å². The average molecular weight is 305 g/mol. The van der Waals surface area contributed by atoms with Gasteiger partial charge in [-0.2, -0.15) is 0 Å². The molecule has 4 heteroatoms. The SMILES string of the molecule is Cc1ccccc1O[C@@H](Cc1cccc(Cl)c1C)C(=O)O. The Bertz CT molecular complexity index is 652. The monoisotopic (exact) mass is 304 g/mol. The Balaban J connectivity index is 2.22. The summed E-state index contributed by atoms with van der Waals surface area (Å²) in [4.78, 5) is 11.5. The van der Waals surface area contributed by atoms with Crippen molar-refractivity contribution in [2.75, 3.05) is 0 Å². The zero-order valence-electron chi connectivity index (χ0n) is 12.0. The molecular weight excluding hydrogens is 288 g/mol. The molecule has 2 rings (SSSR count). The maximum Gasteiger partial charge on any atom is 0.345 e. The number of halogens is 1. The Morgan fingerprint density at radius 2 is 1.90 bits per heavy atom. The van der Waals surface area contributed by atoms with Gasteiger partial charge in [-0.25, -0.2) is 4.79 Å². The molecule has 0 saturated carbocycles. The molecule has 0 fully saturated rings. The van der Waals surface area contributed by atoms with Gasteiger partial charge in [-0.05, 0) is 42.7 Å². The van der Waals surface area contributed by atoms with Crippen molar-refractivity contribution in [1.82, 2.24) is 0 Å². The molecule has 0 spiro atoms. The molecule has 0 aliphatic rings. The van der Waals surface area contributed by atoms with Crippen LogP contribution in [0, 0.1) is 13.8 Å². The van der Waals surface area contributed by atoms with Crippen LogP contribution in [0.5, 0.6) is 5.75 Å². The van der Waals surface area contributed by atoms with Crippen molar-refractivity contribution >= 4 is 17.6 Å². The number of hydrogen-bond acceptors (Lipinski definition) is 2. The lowest BCUT2D eigenvalue weighted by Crippen LogP contribution is -2.30. The summed E-state index contributed by atoms with van der Waals surface area (Å²) in [6.45, 7) is 3.77. The summed E-state index contributed by atoms with van der Waals surface area (Å²) in [5.74, 6) is -0.401. The van der Waals surface area contributed by atoms with Crippen LogP contribution in [-0.2, 0) is 11.2 Å². The van der Waals surface area contributed by atoms with Gasteiger partial charge in [0.05, 0.1) is 0 Å². The lowest BCUT2D eigenvalue weighted by Gasteiger charge is -2.18. The first kappa shape index (κ1) is 15.4. The van der Waals surface area contributed by atoms with Gasteiger partial charge >= 0.3 is 5.97 Å². The Hall–Kier alpha value is -2.00. The molecule has 0 heterocycles. The number of carbonyl (C=O) groups is 1. The topological polar surface area (TPSA) is 46.5 Å². The average Bonchev–Trinajstić information content (AvgIpc) is 2.45. The number of carboxylic acids is 1. The first-order valence-electron chi connectivity index (χ1n) is 6.68. The summed E-state index contributed by atoms with van der Waals surface area (Å²) in [6.07, 6.45) is -0.668. The van der Waals surface area contributed by atoms with Gasteiger partial charge in [0.15, 0.2) is 6.10 Å². The fraction of sp³-hybridized carbons (Fsp3) is 0.235. The van der Waals surface area contributed by atoms with Crippen molar-refractivity contribution in [3.63, 3.8) is 0 Å². The van der Waals surface area contributed by atoms with E-state index in [2.05, 4.69) is 0 Å². The van der Waals surface area contributed by atoms with Gasteiger partial charge in [0.1, 0.15) is 5.75 Å². The highest BCUT2D eigenvalue weighted by Gasteiger charge is 2.22. The van der Waals surface area contributed by atoms with Gasteiger partial charge in [-0.15, -0.1) is 0 Å². The highest BCUT2D eigenvalue weighted by Crippen LogP contribution is 2.23. The van der Waals surface area contributed by atoms with E-state index in [1.807, 2.05) is 44.2 Å². The third kappa shape index (κ3) is 3.76. The predicted molar refractivity (Wildman–Crippen MR) is 83.1 cm³/mol. The molecule has 2 aromatic rings. The molecule has 1 atom stereocenters. The maximum atomic E-state index is 11.5. The van der Waals surface area contributed by atoms with Crippen molar-refractivity contribution in [2.24, 2.45) is 0 Å². The quantitative estimate of drug-likeness (QED) is 0.907. The second-order valence-corrected chi connectivity index (χ2v) is 5.35. The Morgan fingerprint density at radius 1 is 1.19 bits per heavy atom. The van der Waals surface area contributed by atoms with Crippen LogP contribution in [0.25, 0.3) is 0 Å². The van der Waals surface area contributed by atoms with Crippen LogP contribution in [-0.4, -0.2) is 17.2 Å². The van der Waals surface area contributed by atoms with Crippen molar-refractivity contribution in [3.05, 3.63) is 64.2 Å². The molecule has 2 aromatic carbocycles. The first-order chi connectivity index (χ1) is 9.99. The highest BCUT2D eigenvalue weighted by molar-refractivity contribution is 6.31. The second kappa shape index (κ2) is 6.64. The zero-order valence-corrected chi connectivity index (χ0v) is 12.7. The highest BCUT2D eigenvalue weighted by atomic mass is 35.5. The minimum Gasteiger partial charge on any atom is -0.478 e. The summed E-state index contributed by atoms with van der Waals surface area (Å²) >= 11 is 6.07. The fourth-order valence-corrected chi connectivity index (χ4v) is 2.29. The number of aryl methyl sites for hydroxylation is 1. The van der Waals surface area contributed by atoms with Crippen molar-refractivity contribution in [3.8, 4) is 5.75 Å². The lowest BCUT2D eigenvalue weighted by atomic mass is 10.0. The van der Waals surface area contributed by atoms with E-state index in [4.69, 9.17) is 16.3 Å². The molecule has 0 aliphatic carbocycles. The smallest absolute Gasteiger partial charge is 0.345 e. The van der Waals surface area contributed by atoms with Crippen LogP contribution >= 0.6 is 11.6 Å². The molecule has 1 N–H and O–H groups in total. The second-order valence-electron chi connectivity index (χ2n) is 4.94. The minimum absolute atomic E-state index is 0.274. The molecule has 0 aliphatic heterocycles. The van der Waals surface area contributed by atoms with E-state index in [9.17, 15) is 9.90 Å². The largest absolute Gasteiger partial charge is 0.478 e. The van der Waals surface area contributed by atoms with E-state index in [1.165, 1.54) is 0 Å². The summed E-state index contributed by atoms with van der Waals surface area (Å²) in [5.41, 5.74) is 2.67.